The van der Waals surface area contributed by atoms with Crippen molar-refractivity contribution in [2.45, 2.75) is 23.9 Å². The molecule has 5 heterocycles. The summed E-state index contributed by atoms with van der Waals surface area (Å²) < 4.78 is 20.0. The van der Waals surface area contributed by atoms with Crippen molar-refractivity contribution >= 4 is 23.6 Å². The van der Waals surface area contributed by atoms with Crippen LogP contribution in [0, 0.1) is 5.82 Å². The molecule has 7 nitrogen and oxygen atoms in total. The molecule has 4 aliphatic heterocycles. The normalized spacial score (nSPS) is 23.9. The maximum absolute atomic E-state index is 14.2. The molecule has 2 bridgehead atoms. The number of carbonyl (C=O) groups is 1. The van der Waals surface area contributed by atoms with Crippen LogP contribution in [0.3, 0.4) is 0 Å². The van der Waals surface area contributed by atoms with E-state index in [1.807, 2.05) is 12.1 Å². The van der Waals surface area contributed by atoms with Gasteiger partial charge >= 0.3 is 0 Å². The highest BCUT2D eigenvalue weighted by Crippen LogP contribution is 2.53. The maximum Gasteiger partial charge on any atom is 0.229 e. The van der Waals surface area contributed by atoms with E-state index in [-0.39, 0.29) is 11.2 Å². The van der Waals surface area contributed by atoms with Crippen LogP contribution in [-0.2, 0) is 10.2 Å². The summed E-state index contributed by atoms with van der Waals surface area (Å²) in [6.45, 7) is 3.88. The summed E-state index contributed by atoms with van der Waals surface area (Å²) in [4.78, 5) is 25.7. The molecule has 0 amide bonds. The average molecular weight is 458 g/mol. The number of rotatable bonds is 4. The van der Waals surface area contributed by atoms with Crippen LogP contribution in [0.25, 0.3) is 11.1 Å². The van der Waals surface area contributed by atoms with Crippen molar-refractivity contribution in [3.05, 3.63) is 65.7 Å². The first-order valence-corrected chi connectivity index (χ1v) is 11.7. The number of nitrogens with zero attached hydrogens (tertiary/aromatic N) is 4. The molecule has 1 N–H and O–H groups in total. The van der Waals surface area contributed by atoms with E-state index in [1.54, 1.807) is 30.6 Å². The molecular formula is C26H24FN5O2. The van der Waals surface area contributed by atoms with Crippen molar-refractivity contribution in [2.75, 3.05) is 42.6 Å². The van der Waals surface area contributed by atoms with Gasteiger partial charge < -0.3 is 19.9 Å². The van der Waals surface area contributed by atoms with E-state index in [0.29, 0.717) is 54.5 Å². The third-order valence-corrected chi connectivity index (χ3v) is 7.72. The van der Waals surface area contributed by atoms with Crippen molar-refractivity contribution in [3.8, 4) is 11.1 Å². The standard InChI is InChI=1S/C26H24FN5O2/c27-21-4-2-1-3-20(21)17-8-29-25(30-9-17)32-13-26(14-34-15-26)24-22(5-16(12-33)6-23(24)32)31-11-18-7-19(31)10-28-18/h1-6,8-9,12,18-19,28H,7,10-11,13-15H2/t18-,19-/m0/s1. The van der Waals surface area contributed by atoms with E-state index >= 15 is 0 Å². The fourth-order valence-electron chi connectivity index (χ4n) is 6.06. The summed E-state index contributed by atoms with van der Waals surface area (Å²) in [5.74, 6) is 0.245. The van der Waals surface area contributed by atoms with Gasteiger partial charge in [0.15, 0.2) is 0 Å². The lowest BCUT2D eigenvalue weighted by Gasteiger charge is -2.41. The van der Waals surface area contributed by atoms with Crippen LogP contribution in [-0.4, -0.2) is 61.2 Å². The summed E-state index contributed by atoms with van der Waals surface area (Å²) in [5, 5.41) is 3.57. The van der Waals surface area contributed by atoms with Crippen LogP contribution in [0.15, 0.2) is 48.8 Å². The third kappa shape index (κ3) is 2.85. The number of aromatic nitrogens is 2. The number of hydrogen-bond donors (Lipinski definition) is 1. The van der Waals surface area contributed by atoms with Crippen LogP contribution in [0.2, 0.25) is 0 Å². The Bertz CT molecular complexity index is 1290. The number of carbonyl (C=O) groups excluding carboxylic acids is 1. The molecule has 1 aromatic heterocycles. The lowest BCUT2D eigenvalue weighted by atomic mass is 9.79. The molecule has 0 unspecified atom stereocenters. The molecule has 0 saturated carbocycles. The number of ether oxygens (including phenoxy) is 1. The summed E-state index contributed by atoms with van der Waals surface area (Å²) in [5.41, 5.74) is 4.96. The topological polar surface area (TPSA) is 70.6 Å². The summed E-state index contributed by atoms with van der Waals surface area (Å²) in [6, 6.07) is 11.6. The molecule has 34 heavy (non-hydrogen) atoms. The molecule has 3 saturated heterocycles. The average Bonchev–Trinajstić information content (AvgIpc) is 3.57. The Labute approximate surface area is 196 Å². The number of hydrogen-bond acceptors (Lipinski definition) is 7. The summed E-state index contributed by atoms with van der Waals surface area (Å²) in [6.07, 6.45) is 5.38. The van der Waals surface area contributed by atoms with Crippen molar-refractivity contribution in [2.24, 2.45) is 0 Å². The van der Waals surface area contributed by atoms with Crippen molar-refractivity contribution in [1.29, 1.82) is 0 Å². The SMILES string of the molecule is O=Cc1cc2c(c(N3C[C@@H]4C[C@H]3CN4)c1)C1(COC1)CN2c1ncc(-c2ccccc2F)cn1. The number of nitrogens with one attached hydrogen (secondary N) is 1. The maximum atomic E-state index is 14.2. The molecule has 0 radical (unpaired) electrons. The first-order chi connectivity index (χ1) is 16.6. The number of piperazine rings is 1. The highest BCUT2D eigenvalue weighted by atomic mass is 19.1. The van der Waals surface area contributed by atoms with E-state index < -0.39 is 0 Å². The molecule has 0 aliphatic carbocycles. The second kappa shape index (κ2) is 7.32. The highest BCUT2D eigenvalue weighted by Gasteiger charge is 2.53. The lowest BCUT2D eigenvalue weighted by molar-refractivity contribution is -0.0505. The lowest BCUT2D eigenvalue weighted by Crippen LogP contribution is -2.51. The van der Waals surface area contributed by atoms with Crippen molar-refractivity contribution < 1.29 is 13.9 Å². The van der Waals surface area contributed by atoms with Gasteiger partial charge in [-0.25, -0.2) is 14.4 Å². The third-order valence-electron chi connectivity index (χ3n) is 7.72. The van der Waals surface area contributed by atoms with E-state index in [2.05, 4.69) is 25.1 Å². The van der Waals surface area contributed by atoms with Crippen LogP contribution in [0.4, 0.5) is 21.7 Å². The molecule has 2 atom stereocenters. The predicted molar refractivity (Wildman–Crippen MR) is 126 cm³/mol. The van der Waals surface area contributed by atoms with Gasteiger partial charge in [0.25, 0.3) is 0 Å². The first-order valence-electron chi connectivity index (χ1n) is 11.7. The molecule has 7 rings (SSSR count). The largest absolute Gasteiger partial charge is 0.379 e. The van der Waals surface area contributed by atoms with E-state index in [1.165, 1.54) is 11.6 Å². The zero-order valence-corrected chi connectivity index (χ0v) is 18.6. The molecule has 172 valence electrons. The van der Waals surface area contributed by atoms with Gasteiger partial charge in [0.1, 0.15) is 12.1 Å². The molecule has 3 aromatic rings. The van der Waals surface area contributed by atoms with Gasteiger partial charge in [-0.05, 0) is 24.6 Å². The molecule has 4 aliphatic rings. The van der Waals surface area contributed by atoms with Crippen LogP contribution >= 0.6 is 0 Å². The Morgan fingerprint density at radius 3 is 2.59 bits per heavy atom. The summed E-state index contributed by atoms with van der Waals surface area (Å²) in [7, 11) is 0. The number of anilines is 3. The van der Waals surface area contributed by atoms with Crippen LogP contribution in [0.5, 0.6) is 0 Å². The van der Waals surface area contributed by atoms with Crippen molar-refractivity contribution in [1.82, 2.24) is 15.3 Å². The van der Waals surface area contributed by atoms with Crippen LogP contribution < -0.4 is 15.1 Å². The van der Waals surface area contributed by atoms with Crippen molar-refractivity contribution in [3.63, 3.8) is 0 Å². The smallest absolute Gasteiger partial charge is 0.229 e. The minimum absolute atomic E-state index is 0.144. The number of fused-ring (bicyclic) bond motifs is 4. The first kappa shape index (κ1) is 20.1. The minimum Gasteiger partial charge on any atom is -0.379 e. The fourth-order valence-corrected chi connectivity index (χ4v) is 6.06. The Balaban J connectivity index is 1.32. The minimum atomic E-state index is -0.300. The van der Waals surface area contributed by atoms with Crippen LogP contribution in [0.1, 0.15) is 22.3 Å². The number of aldehydes is 1. The second-order valence-electron chi connectivity index (χ2n) is 9.81. The van der Waals surface area contributed by atoms with Gasteiger partial charge in [0, 0.05) is 72.1 Å². The molecule has 1 spiro atoms. The van der Waals surface area contributed by atoms with E-state index in [0.717, 1.165) is 37.2 Å². The second-order valence-corrected chi connectivity index (χ2v) is 9.81. The highest BCUT2D eigenvalue weighted by molar-refractivity contribution is 5.87. The fraction of sp³-hybridized carbons (Fsp3) is 0.346. The zero-order valence-electron chi connectivity index (χ0n) is 18.6. The molecule has 8 heteroatoms. The monoisotopic (exact) mass is 457 g/mol. The van der Waals surface area contributed by atoms with Gasteiger partial charge in [-0.1, -0.05) is 18.2 Å². The van der Waals surface area contributed by atoms with Gasteiger partial charge in [-0.15, -0.1) is 0 Å². The Kier molecular flexibility index (Phi) is 4.32. The zero-order chi connectivity index (χ0) is 22.9. The van der Waals surface area contributed by atoms with Gasteiger partial charge in [-0.3, -0.25) is 4.79 Å². The summed E-state index contributed by atoms with van der Waals surface area (Å²) >= 11 is 0. The van der Waals surface area contributed by atoms with Gasteiger partial charge in [-0.2, -0.15) is 0 Å². The van der Waals surface area contributed by atoms with E-state index in [9.17, 15) is 9.18 Å². The Morgan fingerprint density at radius 1 is 1.15 bits per heavy atom. The van der Waals surface area contributed by atoms with Gasteiger partial charge in [0.2, 0.25) is 5.95 Å². The molecule has 2 aromatic carbocycles. The van der Waals surface area contributed by atoms with E-state index in [4.69, 9.17) is 4.74 Å². The molecular weight excluding hydrogens is 433 g/mol. The number of benzene rings is 2. The quantitative estimate of drug-likeness (QED) is 0.604. The Morgan fingerprint density at radius 2 is 1.94 bits per heavy atom. The predicted octanol–water partition coefficient (Wildman–Crippen LogP) is 3.07. The Hall–Kier alpha value is -3.36. The molecule has 3 fully saturated rings. The number of halogens is 1. The van der Waals surface area contributed by atoms with Gasteiger partial charge in [0.05, 0.1) is 24.3 Å².